The summed E-state index contributed by atoms with van der Waals surface area (Å²) in [6.07, 6.45) is 3.59. The lowest BCUT2D eigenvalue weighted by Crippen LogP contribution is -2.07. The van der Waals surface area contributed by atoms with E-state index >= 15 is 0 Å². The zero-order chi connectivity index (χ0) is 9.80. The first kappa shape index (κ1) is 8.81. The predicted molar refractivity (Wildman–Crippen MR) is 57.1 cm³/mol. The fourth-order valence-electron chi connectivity index (χ4n) is 1.37. The summed E-state index contributed by atoms with van der Waals surface area (Å²) in [6.45, 7) is 2.08. The number of H-pyrrole nitrogens is 1. The van der Waals surface area contributed by atoms with Gasteiger partial charge >= 0.3 is 0 Å². The molecule has 0 radical (unpaired) electrons. The van der Waals surface area contributed by atoms with Crippen LogP contribution in [-0.2, 0) is 0 Å². The molecule has 2 rings (SSSR count). The molecular formula is C11H13N3. The standard InChI is InChI=1S/C11H13N3/c1-9(11-12-7-8-13-11)14-10-5-3-2-4-6-10/h2-9,14H,1H3,(H,12,13). The lowest BCUT2D eigenvalue weighted by atomic mass is 10.2. The number of imidazole rings is 1. The average molecular weight is 187 g/mol. The van der Waals surface area contributed by atoms with Gasteiger partial charge in [-0.2, -0.15) is 0 Å². The molecule has 0 amide bonds. The van der Waals surface area contributed by atoms with E-state index in [1.807, 2.05) is 36.5 Å². The molecule has 0 saturated heterocycles. The third-order valence-electron chi connectivity index (χ3n) is 2.09. The Balaban J connectivity index is 2.06. The summed E-state index contributed by atoms with van der Waals surface area (Å²) in [5.41, 5.74) is 1.11. The second-order valence-electron chi connectivity index (χ2n) is 3.21. The van der Waals surface area contributed by atoms with Crippen molar-refractivity contribution in [1.29, 1.82) is 0 Å². The molecular weight excluding hydrogens is 174 g/mol. The van der Waals surface area contributed by atoms with Crippen molar-refractivity contribution >= 4 is 5.69 Å². The highest BCUT2D eigenvalue weighted by Crippen LogP contribution is 2.14. The van der Waals surface area contributed by atoms with Crippen molar-refractivity contribution in [3.8, 4) is 0 Å². The van der Waals surface area contributed by atoms with E-state index in [1.54, 1.807) is 6.20 Å². The monoisotopic (exact) mass is 187 g/mol. The Morgan fingerprint density at radius 3 is 2.71 bits per heavy atom. The summed E-state index contributed by atoms with van der Waals surface area (Å²) in [7, 11) is 0. The van der Waals surface area contributed by atoms with Crippen LogP contribution in [0.2, 0.25) is 0 Å². The highest BCUT2D eigenvalue weighted by molar-refractivity contribution is 5.43. The normalized spacial score (nSPS) is 12.4. The van der Waals surface area contributed by atoms with Crippen LogP contribution in [0.1, 0.15) is 18.8 Å². The topological polar surface area (TPSA) is 40.7 Å². The molecule has 72 valence electrons. The van der Waals surface area contributed by atoms with Crippen molar-refractivity contribution in [1.82, 2.24) is 9.97 Å². The van der Waals surface area contributed by atoms with E-state index in [9.17, 15) is 0 Å². The van der Waals surface area contributed by atoms with Crippen LogP contribution in [-0.4, -0.2) is 9.97 Å². The van der Waals surface area contributed by atoms with Crippen molar-refractivity contribution in [2.24, 2.45) is 0 Å². The first-order chi connectivity index (χ1) is 6.86. The van der Waals surface area contributed by atoms with Gasteiger partial charge in [-0.3, -0.25) is 0 Å². The van der Waals surface area contributed by atoms with E-state index in [0.717, 1.165) is 11.5 Å². The average Bonchev–Trinajstić information content (AvgIpc) is 2.72. The Morgan fingerprint density at radius 1 is 1.29 bits per heavy atom. The fraction of sp³-hybridized carbons (Fsp3) is 0.182. The summed E-state index contributed by atoms with van der Waals surface area (Å²) in [6, 6.07) is 10.3. The van der Waals surface area contributed by atoms with E-state index < -0.39 is 0 Å². The fourth-order valence-corrected chi connectivity index (χ4v) is 1.37. The van der Waals surface area contributed by atoms with Gasteiger partial charge < -0.3 is 10.3 Å². The summed E-state index contributed by atoms with van der Waals surface area (Å²) < 4.78 is 0. The van der Waals surface area contributed by atoms with E-state index in [4.69, 9.17) is 0 Å². The van der Waals surface area contributed by atoms with Crippen molar-refractivity contribution in [3.63, 3.8) is 0 Å². The third-order valence-corrected chi connectivity index (χ3v) is 2.09. The molecule has 1 aromatic carbocycles. The molecule has 0 bridgehead atoms. The maximum Gasteiger partial charge on any atom is 0.128 e. The van der Waals surface area contributed by atoms with Gasteiger partial charge in [-0.15, -0.1) is 0 Å². The van der Waals surface area contributed by atoms with Gasteiger partial charge in [-0.05, 0) is 19.1 Å². The summed E-state index contributed by atoms with van der Waals surface area (Å²) in [5, 5.41) is 3.35. The Hall–Kier alpha value is -1.77. The molecule has 0 aliphatic carbocycles. The lowest BCUT2D eigenvalue weighted by Gasteiger charge is -2.12. The molecule has 1 aromatic heterocycles. The summed E-state index contributed by atoms with van der Waals surface area (Å²) >= 11 is 0. The Bertz CT molecular complexity index is 367. The van der Waals surface area contributed by atoms with Crippen LogP contribution in [0.25, 0.3) is 0 Å². The lowest BCUT2D eigenvalue weighted by molar-refractivity contribution is 0.810. The van der Waals surface area contributed by atoms with E-state index in [-0.39, 0.29) is 6.04 Å². The number of aromatic amines is 1. The molecule has 2 aromatic rings. The van der Waals surface area contributed by atoms with E-state index in [2.05, 4.69) is 22.2 Å². The Labute approximate surface area is 83.2 Å². The number of benzene rings is 1. The van der Waals surface area contributed by atoms with Crippen molar-refractivity contribution < 1.29 is 0 Å². The first-order valence-corrected chi connectivity index (χ1v) is 4.67. The molecule has 1 heterocycles. The zero-order valence-corrected chi connectivity index (χ0v) is 8.07. The second-order valence-corrected chi connectivity index (χ2v) is 3.21. The van der Waals surface area contributed by atoms with Crippen LogP contribution in [0, 0.1) is 0 Å². The minimum absolute atomic E-state index is 0.201. The molecule has 14 heavy (non-hydrogen) atoms. The van der Waals surface area contributed by atoms with Crippen LogP contribution in [0.5, 0.6) is 0 Å². The number of rotatable bonds is 3. The van der Waals surface area contributed by atoms with Crippen LogP contribution < -0.4 is 5.32 Å². The van der Waals surface area contributed by atoms with Crippen molar-refractivity contribution in [2.45, 2.75) is 13.0 Å². The molecule has 0 saturated carbocycles. The smallest absolute Gasteiger partial charge is 0.128 e. The van der Waals surface area contributed by atoms with Crippen molar-refractivity contribution in [2.75, 3.05) is 5.32 Å². The summed E-state index contributed by atoms with van der Waals surface area (Å²) in [5.74, 6) is 0.953. The molecule has 0 aliphatic rings. The zero-order valence-electron chi connectivity index (χ0n) is 8.07. The number of para-hydroxylation sites is 1. The molecule has 0 aliphatic heterocycles. The Kier molecular flexibility index (Phi) is 2.49. The van der Waals surface area contributed by atoms with E-state index in [0.29, 0.717) is 0 Å². The minimum Gasteiger partial charge on any atom is -0.375 e. The summed E-state index contributed by atoms with van der Waals surface area (Å²) in [4.78, 5) is 7.28. The van der Waals surface area contributed by atoms with Gasteiger partial charge in [0.05, 0.1) is 6.04 Å². The first-order valence-electron chi connectivity index (χ1n) is 4.67. The van der Waals surface area contributed by atoms with Gasteiger partial charge in [0.1, 0.15) is 5.82 Å². The molecule has 2 N–H and O–H groups in total. The number of hydrogen-bond donors (Lipinski definition) is 2. The number of anilines is 1. The largest absolute Gasteiger partial charge is 0.375 e. The molecule has 1 unspecified atom stereocenters. The maximum atomic E-state index is 4.19. The predicted octanol–water partition coefficient (Wildman–Crippen LogP) is 2.58. The second kappa shape index (κ2) is 3.96. The highest BCUT2D eigenvalue weighted by atomic mass is 15.0. The number of nitrogens with zero attached hydrogens (tertiary/aromatic N) is 1. The number of aromatic nitrogens is 2. The van der Waals surface area contributed by atoms with Gasteiger partial charge in [-0.25, -0.2) is 4.98 Å². The molecule has 3 nitrogen and oxygen atoms in total. The van der Waals surface area contributed by atoms with Crippen LogP contribution in [0.4, 0.5) is 5.69 Å². The van der Waals surface area contributed by atoms with E-state index in [1.165, 1.54) is 0 Å². The van der Waals surface area contributed by atoms with Crippen LogP contribution >= 0.6 is 0 Å². The van der Waals surface area contributed by atoms with Crippen molar-refractivity contribution in [3.05, 3.63) is 48.5 Å². The highest BCUT2D eigenvalue weighted by Gasteiger charge is 2.05. The third kappa shape index (κ3) is 1.93. The molecule has 0 fully saturated rings. The van der Waals surface area contributed by atoms with Crippen LogP contribution in [0.15, 0.2) is 42.7 Å². The number of nitrogens with one attached hydrogen (secondary N) is 2. The molecule has 1 atom stereocenters. The molecule has 3 heteroatoms. The van der Waals surface area contributed by atoms with Gasteiger partial charge in [0.15, 0.2) is 0 Å². The number of hydrogen-bond acceptors (Lipinski definition) is 2. The SMILES string of the molecule is CC(Nc1ccccc1)c1ncc[nH]1. The van der Waals surface area contributed by atoms with Gasteiger partial charge in [0.2, 0.25) is 0 Å². The quantitative estimate of drug-likeness (QED) is 0.775. The van der Waals surface area contributed by atoms with Gasteiger partial charge in [0, 0.05) is 18.1 Å². The minimum atomic E-state index is 0.201. The molecule has 0 spiro atoms. The maximum absolute atomic E-state index is 4.19. The Morgan fingerprint density at radius 2 is 2.07 bits per heavy atom. The van der Waals surface area contributed by atoms with Crippen LogP contribution in [0.3, 0.4) is 0 Å². The van der Waals surface area contributed by atoms with Gasteiger partial charge in [-0.1, -0.05) is 18.2 Å². The van der Waals surface area contributed by atoms with Gasteiger partial charge in [0.25, 0.3) is 0 Å².